The maximum absolute atomic E-state index is 14.2. The molecule has 0 saturated carbocycles. The van der Waals surface area contributed by atoms with Crippen LogP contribution in [0.3, 0.4) is 0 Å². The summed E-state index contributed by atoms with van der Waals surface area (Å²) in [6.45, 7) is 5.99. The summed E-state index contributed by atoms with van der Waals surface area (Å²) in [5, 5.41) is 10.4. The zero-order valence-corrected chi connectivity index (χ0v) is 15.9. The van der Waals surface area contributed by atoms with Crippen molar-refractivity contribution < 1.29 is 9.18 Å². The Morgan fingerprint density at radius 1 is 1.21 bits per heavy atom. The Labute approximate surface area is 162 Å². The number of benzene rings is 2. The standard InChI is InChI=1S/C21H22FN5O/c1-13(2)20-25-19(26-27(20)18-6-4-3-5-17(18)22)21(28)24-10-14-7-8-15-11-23-12-16(15)9-14/h3-9,13,23H,10-12H2,1-2H3,(H,24,28). The maximum Gasteiger partial charge on any atom is 0.291 e. The monoisotopic (exact) mass is 379 g/mol. The molecule has 2 heterocycles. The molecular formula is C21H22FN5O. The minimum absolute atomic E-state index is 0.0159. The van der Waals surface area contributed by atoms with E-state index in [2.05, 4.69) is 32.8 Å². The number of nitrogens with one attached hydrogen (secondary N) is 2. The van der Waals surface area contributed by atoms with Crippen LogP contribution in [0.4, 0.5) is 4.39 Å². The summed E-state index contributed by atoms with van der Waals surface area (Å²) in [6, 6.07) is 12.5. The molecule has 1 aromatic heterocycles. The summed E-state index contributed by atoms with van der Waals surface area (Å²) in [6.07, 6.45) is 0. The fourth-order valence-electron chi connectivity index (χ4n) is 3.31. The van der Waals surface area contributed by atoms with Gasteiger partial charge in [-0.3, -0.25) is 4.79 Å². The largest absolute Gasteiger partial charge is 0.345 e. The Hall–Kier alpha value is -3.06. The first kappa shape index (κ1) is 18.3. The van der Waals surface area contributed by atoms with E-state index in [1.165, 1.54) is 21.9 Å². The molecule has 2 N–H and O–H groups in total. The number of hydrogen-bond acceptors (Lipinski definition) is 4. The van der Waals surface area contributed by atoms with Crippen molar-refractivity contribution in [3.8, 4) is 5.69 Å². The lowest BCUT2D eigenvalue weighted by Gasteiger charge is -2.08. The van der Waals surface area contributed by atoms with E-state index < -0.39 is 5.82 Å². The Morgan fingerprint density at radius 3 is 2.79 bits per heavy atom. The van der Waals surface area contributed by atoms with E-state index >= 15 is 0 Å². The van der Waals surface area contributed by atoms with Crippen molar-refractivity contribution >= 4 is 5.91 Å². The van der Waals surface area contributed by atoms with Gasteiger partial charge in [-0.05, 0) is 28.8 Å². The van der Waals surface area contributed by atoms with Crippen molar-refractivity contribution in [2.75, 3.05) is 0 Å². The lowest BCUT2D eigenvalue weighted by molar-refractivity contribution is 0.0940. The van der Waals surface area contributed by atoms with Gasteiger partial charge in [0.15, 0.2) is 0 Å². The lowest BCUT2D eigenvalue weighted by atomic mass is 10.1. The number of nitrogens with zero attached hydrogens (tertiary/aromatic N) is 3. The number of halogens is 1. The van der Waals surface area contributed by atoms with Crippen LogP contribution in [0.25, 0.3) is 5.69 Å². The summed E-state index contributed by atoms with van der Waals surface area (Å²) in [5.74, 6) is -0.227. The number of aromatic nitrogens is 3. The van der Waals surface area contributed by atoms with E-state index in [1.807, 2.05) is 19.9 Å². The van der Waals surface area contributed by atoms with Crippen molar-refractivity contribution in [3.05, 3.63) is 76.6 Å². The van der Waals surface area contributed by atoms with Crippen molar-refractivity contribution in [1.82, 2.24) is 25.4 Å². The Bertz CT molecular complexity index is 1030. The van der Waals surface area contributed by atoms with Gasteiger partial charge in [-0.1, -0.05) is 44.2 Å². The van der Waals surface area contributed by atoms with Crippen molar-refractivity contribution in [3.63, 3.8) is 0 Å². The van der Waals surface area contributed by atoms with Crippen LogP contribution in [-0.2, 0) is 19.6 Å². The van der Waals surface area contributed by atoms with Gasteiger partial charge in [-0.2, -0.15) is 0 Å². The van der Waals surface area contributed by atoms with E-state index in [1.54, 1.807) is 18.2 Å². The van der Waals surface area contributed by atoms with Gasteiger partial charge >= 0.3 is 0 Å². The highest BCUT2D eigenvalue weighted by molar-refractivity contribution is 5.90. The average Bonchev–Trinajstić information content (AvgIpc) is 3.33. The highest BCUT2D eigenvalue weighted by Crippen LogP contribution is 2.20. The fraction of sp³-hybridized carbons (Fsp3) is 0.286. The Morgan fingerprint density at radius 2 is 2.00 bits per heavy atom. The second kappa shape index (κ2) is 7.52. The van der Waals surface area contributed by atoms with Gasteiger partial charge in [0.05, 0.1) is 0 Å². The molecule has 0 saturated heterocycles. The van der Waals surface area contributed by atoms with Gasteiger partial charge in [0.25, 0.3) is 5.91 Å². The van der Waals surface area contributed by atoms with E-state index in [4.69, 9.17) is 0 Å². The quantitative estimate of drug-likeness (QED) is 0.715. The normalized spacial score (nSPS) is 13.0. The molecule has 1 aliphatic rings. The topological polar surface area (TPSA) is 71.8 Å². The first-order valence-electron chi connectivity index (χ1n) is 9.34. The molecule has 6 nitrogen and oxygen atoms in total. The molecule has 1 aliphatic heterocycles. The van der Waals surface area contributed by atoms with E-state index in [9.17, 15) is 9.18 Å². The highest BCUT2D eigenvalue weighted by atomic mass is 19.1. The molecule has 28 heavy (non-hydrogen) atoms. The van der Waals surface area contributed by atoms with Crippen LogP contribution in [0, 0.1) is 5.82 Å². The molecule has 7 heteroatoms. The van der Waals surface area contributed by atoms with Crippen molar-refractivity contribution in [2.24, 2.45) is 0 Å². The number of para-hydroxylation sites is 1. The van der Waals surface area contributed by atoms with Crippen LogP contribution in [0.1, 0.15) is 52.9 Å². The second-order valence-electron chi connectivity index (χ2n) is 7.20. The number of carbonyl (C=O) groups is 1. The summed E-state index contributed by atoms with van der Waals surface area (Å²) in [7, 11) is 0. The molecule has 0 atom stereocenters. The molecule has 0 bridgehead atoms. The minimum Gasteiger partial charge on any atom is -0.345 e. The summed E-state index contributed by atoms with van der Waals surface area (Å²) in [4.78, 5) is 17.0. The number of carbonyl (C=O) groups excluding carboxylic acids is 1. The predicted octanol–water partition coefficient (Wildman–Crippen LogP) is 3.06. The van der Waals surface area contributed by atoms with Crippen LogP contribution in [0.2, 0.25) is 0 Å². The number of amides is 1. The molecule has 0 aliphatic carbocycles. The molecule has 3 aromatic rings. The smallest absolute Gasteiger partial charge is 0.291 e. The van der Waals surface area contributed by atoms with Crippen LogP contribution in [0.5, 0.6) is 0 Å². The first-order valence-corrected chi connectivity index (χ1v) is 9.34. The van der Waals surface area contributed by atoms with Gasteiger partial charge in [0, 0.05) is 25.6 Å². The Balaban J connectivity index is 1.54. The number of rotatable bonds is 5. The molecule has 0 radical (unpaired) electrons. The zero-order valence-electron chi connectivity index (χ0n) is 15.9. The summed E-state index contributed by atoms with van der Waals surface area (Å²) >= 11 is 0. The first-order chi connectivity index (χ1) is 13.5. The summed E-state index contributed by atoms with van der Waals surface area (Å²) in [5.41, 5.74) is 3.86. The van der Waals surface area contributed by atoms with Crippen molar-refractivity contribution in [2.45, 2.75) is 39.4 Å². The Kier molecular flexibility index (Phi) is 4.92. The zero-order chi connectivity index (χ0) is 19.7. The van der Waals surface area contributed by atoms with Crippen LogP contribution < -0.4 is 10.6 Å². The molecule has 4 rings (SSSR count). The van der Waals surface area contributed by atoms with Crippen LogP contribution >= 0.6 is 0 Å². The maximum atomic E-state index is 14.2. The van der Waals surface area contributed by atoms with Gasteiger partial charge in [-0.15, -0.1) is 5.10 Å². The van der Waals surface area contributed by atoms with Gasteiger partial charge in [0.1, 0.15) is 17.3 Å². The van der Waals surface area contributed by atoms with Crippen LogP contribution in [-0.4, -0.2) is 20.7 Å². The average molecular weight is 379 g/mol. The summed E-state index contributed by atoms with van der Waals surface area (Å²) < 4.78 is 15.6. The van der Waals surface area contributed by atoms with Crippen LogP contribution in [0.15, 0.2) is 42.5 Å². The highest BCUT2D eigenvalue weighted by Gasteiger charge is 2.21. The van der Waals surface area contributed by atoms with E-state index in [0.29, 0.717) is 12.4 Å². The van der Waals surface area contributed by atoms with E-state index in [0.717, 1.165) is 18.7 Å². The second-order valence-corrected chi connectivity index (χ2v) is 7.20. The third kappa shape index (κ3) is 3.53. The molecule has 0 spiro atoms. The third-order valence-corrected chi connectivity index (χ3v) is 4.79. The van der Waals surface area contributed by atoms with Gasteiger partial charge in [0.2, 0.25) is 5.82 Å². The molecule has 0 unspecified atom stereocenters. The molecule has 2 aromatic carbocycles. The molecule has 144 valence electrons. The molecule has 1 amide bonds. The SMILES string of the molecule is CC(C)c1nc(C(=O)NCc2ccc3c(c2)CNC3)nn1-c1ccccc1F. The van der Waals surface area contributed by atoms with E-state index in [-0.39, 0.29) is 23.3 Å². The molecule has 0 fully saturated rings. The lowest BCUT2D eigenvalue weighted by Crippen LogP contribution is -2.24. The third-order valence-electron chi connectivity index (χ3n) is 4.79. The van der Waals surface area contributed by atoms with Gasteiger partial charge in [-0.25, -0.2) is 14.1 Å². The fourth-order valence-corrected chi connectivity index (χ4v) is 3.31. The minimum atomic E-state index is -0.409. The number of hydrogen-bond donors (Lipinski definition) is 2. The van der Waals surface area contributed by atoms with Gasteiger partial charge < -0.3 is 10.6 Å². The predicted molar refractivity (Wildman–Crippen MR) is 104 cm³/mol. The molecular weight excluding hydrogens is 357 g/mol. The van der Waals surface area contributed by atoms with Crippen molar-refractivity contribution in [1.29, 1.82) is 0 Å². The number of fused-ring (bicyclic) bond motifs is 1.